The second-order valence-electron chi connectivity index (χ2n) is 5.59. The van der Waals surface area contributed by atoms with E-state index >= 15 is 0 Å². The molecule has 0 aliphatic heterocycles. The van der Waals surface area contributed by atoms with Crippen LogP contribution < -0.4 is 5.73 Å². The van der Waals surface area contributed by atoms with Crippen molar-refractivity contribution in [2.24, 2.45) is 5.73 Å². The SMILES string of the molecule is CN(C)C(C)(C)C(N)c1cccc2ccccc12. The summed E-state index contributed by atoms with van der Waals surface area (Å²) in [5.41, 5.74) is 7.63. The van der Waals surface area contributed by atoms with Gasteiger partial charge in [0.05, 0.1) is 0 Å². The average Bonchev–Trinajstić information content (AvgIpc) is 2.37. The van der Waals surface area contributed by atoms with Crippen LogP contribution in [0.15, 0.2) is 42.5 Å². The fraction of sp³-hybridized carbons (Fsp3) is 0.375. The van der Waals surface area contributed by atoms with Crippen molar-refractivity contribution in [1.29, 1.82) is 0 Å². The van der Waals surface area contributed by atoms with Gasteiger partial charge >= 0.3 is 0 Å². The molecule has 0 bridgehead atoms. The van der Waals surface area contributed by atoms with Gasteiger partial charge in [-0.2, -0.15) is 0 Å². The van der Waals surface area contributed by atoms with Crippen LogP contribution in [0.25, 0.3) is 10.8 Å². The summed E-state index contributed by atoms with van der Waals surface area (Å²) in [6.45, 7) is 4.36. The Kier molecular flexibility index (Phi) is 3.42. The summed E-state index contributed by atoms with van der Waals surface area (Å²) >= 11 is 0. The fourth-order valence-corrected chi connectivity index (χ4v) is 2.18. The fourth-order valence-electron chi connectivity index (χ4n) is 2.18. The molecule has 2 nitrogen and oxygen atoms in total. The van der Waals surface area contributed by atoms with Crippen LogP contribution in [0.2, 0.25) is 0 Å². The third-order valence-electron chi connectivity index (χ3n) is 4.07. The number of nitrogens with two attached hydrogens (primary N) is 1. The van der Waals surface area contributed by atoms with Gasteiger partial charge in [-0.3, -0.25) is 0 Å². The zero-order valence-electron chi connectivity index (χ0n) is 11.6. The Balaban J connectivity index is 2.55. The number of rotatable bonds is 3. The van der Waals surface area contributed by atoms with Gasteiger partial charge in [0, 0.05) is 11.6 Å². The maximum Gasteiger partial charge on any atom is 0.0482 e. The number of benzene rings is 2. The topological polar surface area (TPSA) is 29.3 Å². The molecule has 2 N–H and O–H groups in total. The number of nitrogens with zero attached hydrogens (tertiary/aromatic N) is 1. The first-order valence-corrected chi connectivity index (χ1v) is 6.35. The summed E-state index contributed by atoms with van der Waals surface area (Å²) in [6.07, 6.45) is 0. The van der Waals surface area contributed by atoms with Crippen molar-refractivity contribution < 1.29 is 0 Å². The maximum absolute atomic E-state index is 6.50. The highest BCUT2D eigenvalue weighted by molar-refractivity contribution is 5.86. The normalized spacial score (nSPS) is 14.1. The van der Waals surface area contributed by atoms with Crippen molar-refractivity contribution in [1.82, 2.24) is 4.90 Å². The summed E-state index contributed by atoms with van der Waals surface area (Å²) in [7, 11) is 4.15. The predicted molar refractivity (Wildman–Crippen MR) is 78.6 cm³/mol. The van der Waals surface area contributed by atoms with Gasteiger partial charge in [-0.25, -0.2) is 0 Å². The van der Waals surface area contributed by atoms with E-state index in [-0.39, 0.29) is 11.6 Å². The van der Waals surface area contributed by atoms with Crippen LogP contribution in [0.3, 0.4) is 0 Å². The van der Waals surface area contributed by atoms with Crippen LogP contribution in [0, 0.1) is 0 Å². The minimum absolute atomic E-state index is 0.0152. The molecule has 0 spiro atoms. The summed E-state index contributed by atoms with van der Waals surface area (Å²) in [5, 5.41) is 2.50. The molecule has 96 valence electrons. The highest BCUT2D eigenvalue weighted by Gasteiger charge is 2.30. The van der Waals surface area contributed by atoms with Crippen LogP contribution in [-0.2, 0) is 0 Å². The van der Waals surface area contributed by atoms with Gasteiger partial charge in [-0.15, -0.1) is 0 Å². The molecule has 2 heteroatoms. The van der Waals surface area contributed by atoms with Gasteiger partial charge in [-0.1, -0.05) is 42.5 Å². The van der Waals surface area contributed by atoms with Crippen LogP contribution >= 0.6 is 0 Å². The zero-order valence-corrected chi connectivity index (χ0v) is 11.6. The van der Waals surface area contributed by atoms with Crippen molar-refractivity contribution in [3.05, 3.63) is 48.0 Å². The van der Waals surface area contributed by atoms with E-state index in [1.54, 1.807) is 0 Å². The van der Waals surface area contributed by atoms with E-state index in [0.717, 1.165) is 0 Å². The molecule has 0 heterocycles. The summed E-state index contributed by atoms with van der Waals surface area (Å²) < 4.78 is 0. The number of fused-ring (bicyclic) bond motifs is 1. The first kappa shape index (κ1) is 13.1. The molecule has 2 aromatic carbocycles. The van der Waals surface area contributed by atoms with E-state index in [9.17, 15) is 0 Å². The monoisotopic (exact) mass is 242 g/mol. The second kappa shape index (κ2) is 4.71. The van der Waals surface area contributed by atoms with Crippen LogP contribution in [0.5, 0.6) is 0 Å². The number of likely N-dealkylation sites (N-methyl/N-ethyl adjacent to an activating group) is 1. The lowest BCUT2D eigenvalue weighted by Gasteiger charge is -2.38. The van der Waals surface area contributed by atoms with Crippen LogP contribution in [0.1, 0.15) is 25.5 Å². The highest BCUT2D eigenvalue weighted by atomic mass is 15.2. The zero-order chi connectivity index (χ0) is 13.3. The minimum atomic E-state index is -0.0792. The van der Waals surface area contributed by atoms with Crippen molar-refractivity contribution in [3.63, 3.8) is 0 Å². The van der Waals surface area contributed by atoms with Crippen LogP contribution in [-0.4, -0.2) is 24.5 Å². The smallest absolute Gasteiger partial charge is 0.0482 e. The molecule has 0 saturated heterocycles. The molecule has 0 aliphatic carbocycles. The Morgan fingerprint density at radius 2 is 1.61 bits per heavy atom. The van der Waals surface area contributed by atoms with E-state index in [1.165, 1.54) is 16.3 Å². The number of hydrogen-bond acceptors (Lipinski definition) is 2. The molecule has 0 fully saturated rings. The average molecular weight is 242 g/mol. The lowest BCUT2D eigenvalue weighted by molar-refractivity contribution is 0.159. The van der Waals surface area contributed by atoms with E-state index in [0.29, 0.717) is 0 Å². The van der Waals surface area contributed by atoms with Gasteiger partial charge in [-0.05, 0) is 44.3 Å². The standard InChI is InChI=1S/C16H22N2/c1-16(2,18(3)4)15(17)14-11-7-9-12-8-5-6-10-13(12)14/h5-11,15H,17H2,1-4H3. The molecule has 1 atom stereocenters. The molecule has 0 amide bonds. The number of hydrogen-bond donors (Lipinski definition) is 1. The first-order valence-electron chi connectivity index (χ1n) is 6.35. The maximum atomic E-state index is 6.50. The van der Waals surface area contributed by atoms with E-state index in [1.807, 2.05) is 0 Å². The van der Waals surface area contributed by atoms with Crippen molar-refractivity contribution in [3.8, 4) is 0 Å². The molecular weight excluding hydrogens is 220 g/mol. The molecule has 0 radical (unpaired) electrons. The quantitative estimate of drug-likeness (QED) is 0.895. The first-order chi connectivity index (χ1) is 8.44. The lowest BCUT2D eigenvalue weighted by atomic mass is 9.86. The van der Waals surface area contributed by atoms with Crippen molar-refractivity contribution >= 4 is 10.8 Å². The van der Waals surface area contributed by atoms with E-state index in [2.05, 4.69) is 75.3 Å². The summed E-state index contributed by atoms with van der Waals surface area (Å²) in [5.74, 6) is 0. The molecule has 1 unspecified atom stereocenters. The third kappa shape index (κ3) is 2.14. The van der Waals surface area contributed by atoms with E-state index < -0.39 is 0 Å². The van der Waals surface area contributed by atoms with Gasteiger partial charge in [0.25, 0.3) is 0 Å². The minimum Gasteiger partial charge on any atom is -0.322 e. The highest BCUT2D eigenvalue weighted by Crippen LogP contribution is 2.31. The third-order valence-corrected chi connectivity index (χ3v) is 4.07. The predicted octanol–water partition coefficient (Wildman–Crippen LogP) is 3.18. The van der Waals surface area contributed by atoms with Gasteiger partial charge in [0.2, 0.25) is 0 Å². The molecule has 0 saturated carbocycles. The molecule has 2 rings (SSSR count). The van der Waals surface area contributed by atoms with Crippen molar-refractivity contribution in [2.75, 3.05) is 14.1 Å². The summed E-state index contributed by atoms with van der Waals surface area (Å²) in [4.78, 5) is 2.18. The van der Waals surface area contributed by atoms with Crippen molar-refractivity contribution in [2.45, 2.75) is 25.4 Å². The Labute approximate surface area is 109 Å². The summed E-state index contributed by atoms with van der Waals surface area (Å²) in [6, 6.07) is 14.8. The molecule has 18 heavy (non-hydrogen) atoms. The van der Waals surface area contributed by atoms with Gasteiger partial charge in [0.1, 0.15) is 0 Å². The van der Waals surface area contributed by atoms with Crippen LogP contribution in [0.4, 0.5) is 0 Å². The largest absolute Gasteiger partial charge is 0.322 e. The Bertz CT molecular complexity index is 538. The van der Waals surface area contributed by atoms with Gasteiger partial charge in [0.15, 0.2) is 0 Å². The van der Waals surface area contributed by atoms with E-state index in [4.69, 9.17) is 5.73 Å². The molecular formula is C16H22N2. The Morgan fingerprint density at radius 3 is 2.28 bits per heavy atom. The van der Waals surface area contributed by atoms with Gasteiger partial charge < -0.3 is 10.6 Å². The lowest BCUT2D eigenvalue weighted by Crippen LogP contribution is -2.47. The molecule has 2 aromatic rings. The Hall–Kier alpha value is -1.38. The Morgan fingerprint density at radius 1 is 1.00 bits per heavy atom. The molecule has 0 aliphatic rings. The second-order valence-corrected chi connectivity index (χ2v) is 5.59. The molecule has 0 aromatic heterocycles.